The van der Waals surface area contributed by atoms with Gasteiger partial charge < -0.3 is 15.0 Å². The van der Waals surface area contributed by atoms with Crippen LogP contribution in [0.15, 0.2) is 0 Å². The van der Waals surface area contributed by atoms with Crippen LogP contribution in [0.2, 0.25) is 0 Å². The van der Waals surface area contributed by atoms with Gasteiger partial charge in [-0.1, -0.05) is 0 Å². The van der Waals surface area contributed by atoms with E-state index < -0.39 is 6.09 Å². The van der Waals surface area contributed by atoms with Gasteiger partial charge in [0.1, 0.15) is 6.54 Å². The summed E-state index contributed by atoms with van der Waals surface area (Å²) < 4.78 is 4.37. The number of carbonyl (C=O) groups excluding carboxylic acids is 2. The van der Waals surface area contributed by atoms with Crippen LogP contribution in [0.3, 0.4) is 0 Å². The predicted molar refractivity (Wildman–Crippen MR) is 50.8 cm³/mol. The number of hydrogen-bond donors (Lipinski definition) is 1. The highest BCUT2D eigenvalue weighted by Crippen LogP contribution is 2.15. The Kier molecular flexibility index (Phi) is 3.73. The highest BCUT2D eigenvalue weighted by molar-refractivity contribution is 5.82. The SMILES string of the molecule is COC(=O)NCC(=O)N1CCC[C@@H]1C. The lowest BCUT2D eigenvalue weighted by atomic mass is 10.2. The van der Waals surface area contributed by atoms with Crippen molar-refractivity contribution in [2.45, 2.75) is 25.8 Å². The highest BCUT2D eigenvalue weighted by atomic mass is 16.5. The number of ether oxygens (including phenoxy) is 1. The number of nitrogens with zero attached hydrogens (tertiary/aromatic N) is 1. The van der Waals surface area contributed by atoms with E-state index in [1.165, 1.54) is 7.11 Å². The molecule has 1 fully saturated rings. The second kappa shape index (κ2) is 4.83. The average Bonchev–Trinajstić information content (AvgIpc) is 2.60. The molecule has 14 heavy (non-hydrogen) atoms. The molecule has 0 radical (unpaired) electrons. The molecule has 0 aromatic rings. The summed E-state index contributed by atoms with van der Waals surface area (Å²) in [6.07, 6.45) is 1.53. The molecule has 0 unspecified atom stereocenters. The fourth-order valence-electron chi connectivity index (χ4n) is 1.63. The number of likely N-dealkylation sites (tertiary alicyclic amines) is 1. The van der Waals surface area contributed by atoms with E-state index in [0.29, 0.717) is 6.04 Å². The third kappa shape index (κ3) is 2.61. The van der Waals surface area contributed by atoms with Crippen LogP contribution in [0.1, 0.15) is 19.8 Å². The number of rotatable bonds is 2. The van der Waals surface area contributed by atoms with Gasteiger partial charge in [-0.3, -0.25) is 4.79 Å². The van der Waals surface area contributed by atoms with Gasteiger partial charge >= 0.3 is 6.09 Å². The number of alkyl carbamates (subject to hydrolysis) is 1. The van der Waals surface area contributed by atoms with Crippen LogP contribution in [-0.4, -0.2) is 43.1 Å². The molecule has 0 aromatic carbocycles. The van der Waals surface area contributed by atoms with Crippen molar-refractivity contribution in [1.29, 1.82) is 0 Å². The Labute approximate surface area is 83.4 Å². The summed E-state index contributed by atoms with van der Waals surface area (Å²) in [5.74, 6) is -0.0413. The van der Waals surface area contributed by atoms with Crippen molar-refractivity contribution in [2.75, 3.05) is 20.2 Å². The maximum Gasteiger partial charge on any atom is 0.407 e. The molecule has 80 valence electrons. The maximum absolute atomic E-state index is 11.5. The first kappa shape index (κ1) is 10.8. The lowest BCUT2D eigenvalue weighted by Gasteiger charge is -2.21. The second-order valence-electron chi connectivity index (χ2n) is 3.42. The molecule has 1 heterocycles. The zero-order valence-corrected chi connectivity index (χ0v) is 8.58. The molecule has 5 nitrogen and oxygen atoms in total. The number of hydrogen-bond acceptors (Lipinski definition) is 3. The summed E-state index contributed by atoms with van der Waals surface area (Å²) in [4.78, 5) is 24.0. The van der Waals surface area contributed by atoms with Crippen LogP contribution >= 0.6 is 0 Å². The number of amides is 2. The Bertz CT molecular complexity index is 230. The van der Waals surface area contributed by atoms with Gasteiger partial charge in [0.2, 0.25) is 5.91 Å². The van der Waals surface area contributed by atoms with Crippen LogP contribution in [0, 0.1) is 0 Å². The first-order valence-corrected chi connectivity index (χ1v) is 4.76. The Balaban J connectivity index is 2.31. The summed E-state index contributed by atoms with van der Waals surface area (Å²) in [5.41, 5.74) is 0. The Morgan fingerprint density at radius 1 is 1.57 bits per heavy atom. The van der Waals surface area contributed by atoms with E-state index in [2.05, 4.69) is 10.1 Å². The highest BCUT2D eigenvalue weighted by Gasteiger charge is 2.24. The van der Waals surface area contributed by atoms with Crippen LogP contribution < -0.4 is 5.32 Å². The number of carbonyl (C=O) groups is 2. The lowest BCUT2D eigenvalue weighted by molar-refractivity contribution is -0.130. The monoisotopic (exact) mass is 200 g/mol. The van der Waals surface area contributed by atoms with Gasteiger partial charge in [-0.05, 0) is 19.8 Å². The van der Waals surface area contributed by atoms with Gasteiger partial charge in [0.25, 0.3) is 0 Å². The normalized spacial score (nSPS) is 20.7. The summed E-state index contributed by atoms with van der Waals surface area (Å²) in [5, 5.41) is 2.38. The van der Waals surface area contributed by atoms with Crippen molar-refractivity contribution in [3.63, 3.8) is 0 Å². The molecule has 0 spiro atoms. The summed E-state index contributed by atoms with van der Waals surface area (Å²) in [7, 11) is 1.28. The standard InChI is InChI=1S/C9H16N2O3/c1-7-4-3-5-11(7)8(12)6-10-9(13)14-2/h7H,3-6H2,1-2H3,(H,10,13)/t7-/m0/s1. The third-order valence-corrected chi connectivity index (χ3v) is 2.44. The predicted octanol–water partition coefficient (Wildman–Crippen LogP) is 0.353. The van der Waals surface area contributed by atoms with Gasteiger partial charge in [0, 0.05) is 12.6 Å². The molecule has 1 saturated heterocycles. The summed E-state index contributed by atoms with van der Waals surface area (Å²) in [6.45, 7) is 2.84. The smallest absolute Gasteiger partial charge is 0.407 e. The summed E-state index contributed by atoms with van der Waals surface area (Å²) >= 11 is 0. The van der Waals surface area contributed by atoms with Crippen LogP contribution in [0.25, 0.3) is 0 Å². The van der Waals surface area contributed by atoms with Crippen molar-refractivity contribution in [3.05, 3.63) is 0 Å². The van der Waals surface area contributed by atoms with Gasteiger partial charge in [0.05, 0.1) is 7.11 Å². The minimum atomic E-state index is -0.565. The molecule has 1 atom stereocenters. The van der Waals surface area contributed by atoms with E-state index in [0.717, 1.165) is 19.4 Å². The molecular formula is C9H16N2O3. The first-order valence-electron chi connectivity index (χ1n) is 4.76. The van der Waals surface area contributed by atoms with E-state index in [1.807, 2.05) is 6.92 Å². The van der Waals surface area contributed by atoms with Crippen LogP contribution in [-0.2, 0) is 9.53 Å². The minimum absolute atomic E-state index is 0.0248. The minimum Gasteiger partial charge on any atom is -0.453 e. The zero-order chi connectivity index (χ0) is 10.6. The van der Waals surface area contributed by atoms with Gasteiger partial charge in [-0.25, -0.2) is 4.79 Å². The lowest BCUT2D eigenvalue weighted by Crippen LogP contribution is -2.41. The Hall–Kier alpha value is -1.26. The van der Waals surface area contributed by atoms with Crippen molar-refractivity contribution < 1.29 is 14.3 Å². The summed E-state index contributed by atoms with van der Waals surface area (Å²) in [6, 6.07) is 0.293. The Morgan fingerprint density at radius 3 is 2.79 bits per heavy atom. The topological polar surface area (TPSA) is 58.6 Å². The van der Waals surface area contributed by atoms with E-state index in [-0.39, 0.29) is 12.5 Å². The Morgan fingerprint density at radius 2 is 2.29 bits per heavy atom. The third-order valence-electron chi connectivity index (χ3n) is 2.44. The molecule has 0 saturated carbocycles. The van der Waals surface area contributed by atoms with Gasteiger partial charge in [-0.2, -0.15) is 0 Å². The number of methoxy groups -OCH3 is 1. The molecule has 0 bridgehead atoms. The molecule has 0 aromatic heterocycles. The largest absolute Gasteiger partial charge is 0.453 e. The average molecular weight is 200 g/mol. The van der Waals surface area contributed by atoms with Crippen molar-refractivity contribution in [3.8, 4) is 0 Å². The molecule has 1 aliphatic rings. The maximum atomic E-state index is 11.5. The van der Waals surface area contributed by atoms with Crippen molar-refractivity contribution in [1.82, 2.24) is 10.2 Å². The van der Waals surface area contributed by atoms with Crippen molar-refractivity contribution >= 4 is 12.0 Å². The van der Waals surface area contributed by atoms with E-state index in [1.54, 1.807) is 4.90 Å². The molecule has 2 amide bonds. The zero-order valence-electron chi connectivity index (χ0n) is 8.58. The van der Waals surface area contributed by atoms with Gasteiger partial charge in [0.15, 0.2) is 0 Å². The van der Waals surface area contributed by atoms with E-state index in [9.17, 15) is 9.59 Å². The van der Waals surface area contributed by atoms with Crippen molar-refractivity contribution in [2.24, 2.45) is 0 Å². The molecule has 1 rings (SSSR count). The molecule has 5 heteroatoms. The van der Waals surface area contributed by atoms with Crippen LogP contribution in [0.4, 0.5) is 4.79 Å². The molecule has 1 aliphatic heterocycles. The quantitative estimate of drug-likeness (QED) is 0.700. The molecular weight excluding hydrogens is 184 g/mol. The molecule has 0 aliphatic carbocycles. The van der Waals surface area contributed by atoms with E-state index >= 15 is 0 Å². The van der Waals surface area contributed by atoms with E-state index in [4.69, 9.17) is 0 Å². The fraction of sp³-hybridized carbons (Fsp3) is 0.778. The van der Waals surface area contributed by atoms with Gasteiger partial charge in [-0.15, -0.1) is 0 Å². The fourth-order valence-corrected chi connectivity index (χ4v) is 1.63. The first-order chi connectivity index (χ1) is 6.65. The molecule has 1 N–H and O–H groups in total. The number of nitrogens with one attached hydrogen (secondary N) is 1. The second-order valence-corrected chi connectivity index (χ2v) is 3.42. The van der Waals surface area contributed by atoms with Crippen LogP contribution in [0.5, 0.6) is 0 Å².